The maximum absolute atomic E-state index is 2.51. The van der Waals surface area contributed by atoms with Gasteiger partial charge in [0.05, 0.1) is 0 Å². The van der Waals surface area contributed by atoms with E-state index in [1.807, 2.05) is 27.7 Å². The molecule has 0 N–H and O–H groups in total. The molecule has 0 atom stereocenters. The van der Waals surface area contributed by atoms with Gasteiger partial charge in [-0.2, -0.15) is 0 Å². The Labute approximate surface area is 173 Å². The van der Waals surface area contributed by atoms with E-state index in [1.165, 1.54) is 31.2 Å². The van der Waals surface area contributed by atoms with Gasteiger partial charge < -0.3 is 0 Å². The molecule has 1 aromatic rings. The van der Waals surface area contributed by atoms with Crippen molar-refractivity contribution in [3.63, 3.8) is 0 Å². The van der Waals surface area contributed by atoms with E-state index in [0.29, 0.717) is 11.8 Å². The van der Waals surface area contributed by atoms with Gasteiger partial charge in [-0.1, -0.05) is 108 Å². The van der Waals surface area contributed by atoms with Crippen molar-refractivity contribution in [3.05, 3.63) is 34.4 Å². The molecule has 27 heavy (non-hydrogen) atoms. The lowest BCUT2D eigenvalue weighted by molar-refractivity contribution is 0.423. The topological polar surface area (TPSA) is 0 Å². The fourth-order valence-corrected chi connectivity index (χ4v) is 3.54. The number of hydrogen-bond donors (Lipinski definition) is 0. The number of rotatable bonds is 8. The van der Waals surface area contributed by atoms with Gasteiger partial charge in [0.2, 0.25) is 0 Å². The van der Waals surface area contributed by atoms with Gasteiger partial charge in [0.25, 0.3) is 0 Å². The van der Waals surface area contributed by atoms with Crippen molar-refractivity contribution in [3.8, 4) is 0 Å². The Morgan fingerprint density at radius 3 is 1.74 bits per heavy atom. The number of hydrogen-bond acceptors (Lipinski definition) is 0. The quantitative estimate of drug-likeness (QED) is 0.423. The molecular weight excluding hydrogens is 324 g/mol. The summed E-state index contributed by atoms with van der Waals surface area (Å²) in [5.41, 5.74) is 6.47. The summed E-state index contributed by atoms with van der Waals surface area (Å²) < 4.78 is 0. The zero-order valence-corrected chi connectivity index (χ0v) is 21.2. The van der Waals surface area contributed by atoms with Crippen LogP contribution in [0, 0.1) is 18.8 Å². The zero-order valence-electron chi connectivity index (χ0n) is 21.2. The Balaban J connectivity index is 0. The third-order valence-corrected chi connectivity index (χ3v) is 5.17. The van der Waals surface area contributed by atoms with Gasteiger partial charge in [0, 0.05) is 0 Å². The summed E-state index contributed by atoms with van der Waals surface area (Å²) in [6.07, 6.45) is 5.15. The molecule has 0 bridgehead atoms. The molecule has 0 saturated carbocycles. The monoisotopic (exact) mass is 376 g/mol. The highest BCUT2D eigenvalue weighted by molar-refractivity contribution is 5.43. The first-order chi connectivity index (χ1) is 12.5. The van der Waals surface area contributed by atoms with Crippen molar-refractivity contribution < 1.29 is 0 Å². The normalized spacial score (nSPS) is 11.3. The summed E-state index contributed by atoms with van der Waals surface area (Å²) in [7, 11) is 0. The van der Waals surface area contributed by atoms with E-state index >= 15 is 0 Å². The van der Waals surface area contributed by atoms with Crippen LogP contribution in [0.5, 0.6) is 0 Å². The van der Waals surface area contributed by atoms with Crippen LogP contribution in [-0.2, 0) is 11.8 Å². The van der Waals surface area contributed by atoms with Crippen molar-refractivity contribution in [1.82, 2.24) is 0 Å². The van der Waals surface area contributed by atoms with Crippen LogP contribution >= 0.6 is 0 Å². The molecule has 0 heterocycles. The van der Waals surface area contributed by atoms with E-state index < -0.39 is 0 Å². The summed E-state index contributed by atoms with van der Waals surface area (Å²) in [5.74, 6) is 2.13. The average Bonchev–Trinajstić information content (AvgIpc) is 2.59. The van der Waals surface area contributed by atoms with E-state index in [-0.39, 0.29) is 5.41 Å². The summed E-state index contributed by atoms with van der Waals surface area (Å²) in [6, 6.07) is 5.01. The Hall–Kier alpha value is -0.780. The molecule has 0 saturated heterocycles. The van der Waals surface area contributed by atoms with Crippen LogP contribution in [-0.4, -0.2) is 0 Å². The summed E-state index contributed by atoms with van der Waals surface area (Å²) in [6.45, 7) is 29.2. The highest BCUT2D eigenvalue weighted by Crippen LogP contribution is 2.35. The molecule has 1 aromatic carbocycles. The second-order valence-corrected chi connectivity index (χ2v) is 9.27. The third-order valence-electron chi connectivity index (χ3n) is 5.17. The highest BCUT2D eigenvalue weighted by atomic mass is 14.3. The molecule has 1 rings (SSSR count). The summed E-state index contributed by atoms with van der Waals surface area (Å²) in [5, 5.41) is 0. The number of benzene rings is 1. The van der Waals surface area contributed by atoms with E-state index in [4.69, 9.17) is 0 Å². The van der Waals surface area contributed by atoms with Crippen LogP contribution in [0.3, 0.4) is 0 Å². The third kappa shape index (κ3) is 10.4. The molecule has 0 amide bonds. The van der Waals surface area contributed by atoms with Gasteiger partial charge in [0.1, 0.15) is 0 Å². The maximum atomic E-state index is 2.51. The molecule has 0 fully saturated rings. The van der Waals surface area contributed by atoms with Gasteiger partial charge in [-0.15, -0.1) is 0 Å². The van der Waals surface area contributed by atoms with Crippen LogP contribution in [0.15, 0.2) is 12.1 Å². The van der Waals surface area contributed by atoms with Crippen LogP contribution < -0.4 is 0 Å². The van der Waals surface area contributed by atoms with E-state index in [1.54, 1.807) is 16.7 Å². The van der Waals surface area contributed by atoms with Crippen LogP contribution in [0.25, 0.3) is 0 Å². The predicted octanol–water partition coefficient (Wildman–Crippen LogP) is 9.47. The molecule has 0 radical (unpaired) electrons. The molecule has 0 aliphatic heterocycles. The van der Waals surface area contributed by atoms with Crippen LogP contribution in [0.1, 0.15) is 131 Å². The zero-order chi connectivity index (χ0) is 21.8. The van der Waals surface area contributed by atoms with Crippen molar-refractivity contribution >= 4 is 0 Å². The van der Waals surface area contributed by atoms with Gasteiger partial charge >= 0.3 is 0 Å². The first-order valence-electron chi connectivity index (χ1n) is 11.7. The average molecular weight is 377 g/mol. The maximum Gasteiger partial charge on any atom is -0.0103 e. The Kier molecular flexibility index (Phi) is 15.0. The minimum atomic E-state index is 0.276. The highest BCUT2D eigenvalue weighted by Gasteiger charge is 2.23. The first-order valence-corrected chi connectivity index (χ1v) is 11.7. The lowest BCUT2D eigenvalue weighted by atomic mass is 9.76. The second-order valence-electron chi connectivity index (χ2n) is 9.27. The minimum absolute atomic E-state index is 0.276. The largest absolute Gasteiger partial charge is 0.0683 e. The van der Waals surface area contributed by atoms with Gasteiger partial charge in [0.15, 0.2) is 0 Å². The molecular formula is C27H52. The summed E-state index contributed by atoms with van der Waals surface area (Å²) >= 11 is 0. The molecule has 0 aliphatic carbocycles. The first kappa shape index (κ1) is 28.4. The molecule has 0 spiro atoms. The van der Waals surface area contributed by atoms with Crippen molar-refractivity contribution in [2.75, 3.05) is 0 Å². The summed E-state index contributed by atoms with van der Waals surface area (Å²) in [4.78, 5) is 0. The Bertz CT molecular complexity index is 489. The standard InChI is InChI=1S/C23H40.2C2H6/c1-16(2)11-10-12-23(8,9)21-14-20(13-17(3)4)19(7)22(15-21)18(5)6;2*1-2/h14-18H,10-13H2,1-9H3;2*1-2H3. The second kappa shape index (κ2) is 14.3. The van der Waals surface area contributed by atoms with Crippen molar-refractivity contribution in [2.24, 2.45) is 11.8 Å². The molecule has 0 heteroatoms. The van der Waals surface area contributed by atoms with Gasteiger partial charge in [-0.3, -0.25) is 0 Å². The lowest BCUT2D eigenvalue weighted by Crippen LogP contribution is -2.19. The van der Waals surface area contributed by atoms with Crippen LogP contribution in [0.4, 0.5) is 0 Å². The molecule has 0 aliphatic rings. The van der Waals surface area contributed by atoms with Crippen molar-refractivity contribution in [2.45, 2.75) is 127 Å². The van der Waals surface area contributed by atoms with Gasteiger partial charge in [-0.05, 0) is 65.2 Å². The van der Waals surface area contributed by atoms with Crippen LogP contribution in [0.2, 0.25) is 0 Å². The molecule has 0 unspecified atom stereocenters. The van der Waals surface area contributed by atoms with E-state index in [9.17, 15) is 0 Å². The molecule has 0 nitrogen and oxygen atoms in total. The molecule has 0 aromatic heterocycles. The Morgan fingerprint density at radius 2 is 1.33 bits per heavy atom. The minimum Gasteiger partial charge on any atom is -0.0683 e. The van der Waals surface area contributed by atoms with E-state index in [2.05, 4.69) is 74.4 Å². The fourth-order valence-electron chi connectivity index (χ4n) is 3.54. The van der Waals surface area contributed by atoms with Crippen molar-refractivity contribution in [1.29, 1.82) is 0 Å². The molecule has 160 valence electrons. The predicted molar refractivity (Wildman–Crippen MR) is 128 cm³/mol. The fraction of sp³-hybridized carbons (Fsp3) is 0.778. The van der Waals surface area contributed by atoms with Gasteiger partial charge in [-0.25, -0.2) is 0 Å². The van der Waals surface area contributed by atoms with E-state index in [0.717, 1.165) is 5.92 Å². The smallest absolute Gasteiger partial charge is 0.0103 e. The SMILES string of the molecule is CC.CC.Cc1c(CC(C)C)cc(C(C)(C)CCCC(C)C)cc1C(C)C. The Morgan fingerprint density at radius 1 is 0.815 bits per heavy atom. The lowest BCUT2D eigenvalue weighted by Gasteiger charge is -2.29.